The van der Waals surface area contributed by atoms with Gasteiger partial charge in [-0.3, -0.25) is 4.79 Å². The number of halogens is 3. The van der Waals surface area contributed by atoms with E-state index in [0.717, 1.165) is 23.9 Å². The maximum Gasteiger partial charge on any atom is 0.574 e. The van der Waals surface area contributed by atoms with E-state index in [0.29, 0.717) is 35.6 Å². The number of hydrogen-bond donors (Lipinski definition) is 1. The van der Waals surface area contributed by atoms with Crippen molar-refractivity contribution in [1.29, 1.82) is 0 Å². The lowest BCUT2D eigenvalue weighted by Crippen LogP contribution is -2.32. The van der Waals surface area contributed by atoms with Crippen LogP contribution in [0.3, 0.4) is 0 Å². The Kier molecular flexibility index (Phi) is 4.02. The molecule has 1 aliphatic carbocycles. The summed E-state index contributed by atoms with van der Waals surface area (Å²) < 4.78 is 44.4. The number of alkyl halides is 3. The molecular formula is C17H21F3N4O2. The molecule has 2 aromatic heterocycles. The van der Waals surface area contributed by atoms with E-state index in [-0.39, 0.29) is 5.92 Å². The van der Waals surface area contributed by atoms with Crippen LogP contribution in [0.25, 0.3) is 5.65 Å². The zero-order chi connectivity index (χ0) is 18.6. The number of rotatable bonds is 4. The maximum absolute atomic E-state index is 12.6. The van der Waals surface area contributed by atoms with Crippen LogP contribution in [0.2, 0.25) is 0 Å². The van der Waals surface area contributed by atoms with E-state index < -0.39 is 17.8 Å². The molecule has 142 valence electrons. The van der Waals surface area contributed by atoms with Crippen LogP contribution < -0.4 is 15.6 Å². The summed E-state index contributed by atoms with van der Waals surface area (Å²) in [6.07, 6.45) is -0.899. The first-order valence-electron chi connectivity index (χ1n) is 8.83. The van der Waals surface area contributed by atoms with Gasteiger partial charge in [-0.25, -0.2) is 0 Å². The smallest absolute Gasteiger partial charge is 0.386 e. The Hall–Kier alpha value is -2.03. The van der Waals surface area contributed by atoms with Crippen LogP contribution in [0.5, 0.6) is 5.88 Å². The molecule has 1 N–H and O–H groups in total. The number of nitrogens with zero attached hydrogens (tertiary/aromatic N) is 3. The van der Waals surface area contributed by atoms with Crippen LogP contribution in [0.4, 0.5) is 13.2 Å². The van der Waals surface area contributed by atoms with Crippen LogP contribution in [0, 0.1) is 11.8 Å². The molecule has 2 aliphatic rings. The van der Waals surface area contributed by atoms with Crippen molar-refractivity contribution < 1.29 is 17.9 Å². The molecule has 6 nitrogen and oxygen atoms in total. The molecule has 2 bridgehead atoms. The second-order valence-corrected chi connectivity index (χ2v) is 7.59. The molecule has 2 fully saturated rings. The predicted octanol–water partition coefficient (Wildman–Crippen LogP) is 2.52. The van der Waals surface area contributed by atoms with Crippen molar-refractivity contribution in [2.75, 3.05) is 6.54 Å². The number of hydrogen-bond acceptors (Lipinski definition) is 4. The zero-order valence-corrected chi connectivity index (χ0v) is 14.6. The van der Waals surface area contributed by atoms with E-state index in [2.05, 4.69) is 15.2 Å². The van der Waals surface area contributed by atoms with Gasteiger partial charge in [-0.2, -0.15) is 4.52 Å². The summed E-state index contributed by atoms with van der Waals surface area (Å²) >= 11 is 0. The molecule has 3 atom stereocenters. The third kappa shape index (κ3) is 3.08. The highest BCUT2D eigenvalue weighted by Gasteiger charge is 2.39. The molecule has 0 radical (unpaired) electrons. The maximum atomic E-state index is 12.6. The van der Waals surface area contributed by atoms with Gasteiger partial charge in [0.2, 0.25) is 5.88 Å². The predicted molar refractivity (Wildman–Crippen MR) is 88.2 cm³/mol. The Morgan fingerprint density at radius 1 is 1.38 bits per heavy atom. The van der Waals surface area contributed by atoms with Crippen LogP contribution in [0.1, 0.15) is 38.2 Å². The minimum atomic E-state index is -4.84. The lowest BCUT2D eigenvalue weighted by atomic mass is 9.95. The molecular weight excluding hydrogens is 349 g/mol. The summed E-state index contributed by atoms with van der Waals surface area (Å²) in [7, 11) is 0. The third-order valence-corrected chi connectivity index (χ3v) is 5.48. The summed E-state index contributed by atoms with van der Waals surface area (Å²) in [4.78, 5) is 12.6. The molecule has 4 rings (SSSR count). The van der Waals surface area contributed by atoms with Gasteiger partial charge in [0, 0.05) is 30.4 Å². The first-order chi connectivity index (χ1) is 12.2. The Bertz CT molecular complexity index is 886. The Morgan fingerprint density at radius 2 is 2.15 bits per heavy atom. The van der Waals surface area contributed by atoms with Gasteiger partial charge in [-0.15, -0.1) is 18.3 Å². The lowest BCUT2D eigenvalue weighted by Gasteiger charge is -2.24. The average Bonchev–Trinajstić information content (AvgIpc) is 3.22. The number of aromatic nitrogens is 3. The number of ether oxygens (including phenoxy) is 1. The van der Waals surface area contributed by atoms with Gasteiger partial charge in [-0.05, 0) is 37.1 Å². The van der Waals surface area contributed by atoms with E-state index in [1.807, 2.05) is 18.4 Å². The lowest BCUT2D eigenvalue weighted by molar-refractivity contribution is -0.276. The fraction of sp³-hybridized carbons (Fsp3) is 0.647. The molecule has 1 aliphatic heterocycles. The van der Waals surface area contributed by atoms with Gasteiger partial charge in [-0.1, -0.05) is 13.8 Å². The molecule has 3 heterocycles. The molecule has 26 heavy (non-hydrogen) atoms. The van der Waals surface area contributed by atoms with E-state index in [9.17, 15) is 18.0 Å². The van der Waals surface area contributed by atoms with Gasteiger partial charge < -0.3 is 14.6 Å². The van der Waals surface area contributed by atoms with Gasteiger partial charge in [0.25, 0.3) is 5.56 Å². The van der Waals surface area contributed by atoms with E-state index in [1.54, 1.807) is 6.20 Å². The molecule has 1 saturated heterocycles. The minimum Gasteiger partial charge on any atom is -0.386 e. The van der Waals surface area contributed by atoms with Crippen molar-refractivity contribution in [3.05, 3.63) is 28.2 Å². The van der Waals surface area contributed by atoms with Crippen molar-refractivity contribution in [2.45, 2.75) is 51.6 Å². The SMILES string of the molecule is CC(C)c1cn(C[C@H]2C[C@H]3C[C@@H]2CN3)c2cc(OC(F)(F)F)nn2c1=O. The van der Waals surface area contributed by atoms with Crippen LogP contribution >= 0.6 is 0 Å². The molecule has 9 heteroatoms. The van der Waals surface area contributed by atoms with E-state index in [1.165, 1.54) is 6.07 Å². The van der Waals surface area contributed by atoms with Gasteiger partial charge >= 0.3 is 6.36 Å². The Morgan fingerprint density at radius 3 is 2.73 bits per heavy atom. The largest absolute Gasteiger partial charge is 0.574 e. The van der Waals surface area contributed by atoms with Crippen LogP contribution in [-0.2, 0) is 6.54 Å². The fourth-order valence-corrected chi connectivity index (χ4v) is 4.25. The summed E-state index contributed by atoms with van der Waals surface area (Å²) in [5.74, 6) is 0.333. The normalized spacial score (nSPS) is 25.5. The second kappa shape index (κ2) is 6.00. The monoisotopic (exact) mass is 370 g/mol. The number of fused-ring (bicyclic) bond motifs is 3. The van der Waals surface area contributed by atoms with Gasteiger partial charge in [0.05, 0.1) is 0 Å². The van der Waals surface area contributed by atoms with Gasteiger partial charge in [0.1, 0.15) is 5.65 Å². The van der Waals surface area contributed by atoms with E-state index >= 15 is 0 Å². The Balaban J connectivity index is 1.76. The average molecular weight is 370 g/mol. The first-order valence-corrected chi connectivity index (χ1v) is 8.83. The first kappa shape index (κ1) is 17.4. The van der Waals surface area contributed by atoms with E-state index in [4.69, 9.17) is 0 Å². The molecule has 2 aromatic rings. The fourth-order valence-electron chi connectivity index (χ4n) is 4.25. The molecule has 0 aromatic carbocycles. The standard InChI is InChI=1S/C17H21F3N4O2/c1-9(2)13-8-23(7-11-4-12-3-10(11)6-21-12)15-5-14(26-17(18,19)20)22-24(15)16(13)25/h5,8-12,21H,3-4,6-7H2,1-2H3/t10-,11-,12-/m1/s1. The van der Waals surface area contributed by atoms with Crippen molar-refractivity contribution in [3.63, 3.8) is 0 Å². The van der Waals surface area contributed by atoms with Crippen molar-refractivity contribution in [2.24, 2.45) is 11.8 Å². The summed E-state index contributed by atoms with van der Waals surface area (Å²) in [5, 5.41) is 7.21. The van der Waals surface area contributed by atoms with Crippen molar-refractivity contribution >= 4 is 5.65 Å². The summed E-state index contributed by atoms with van der Waals surface area (Å²) in [6, 6.07) is 1.71. The van der Waals surface area contributed by atoms with Crippen molar-refractivity contribution in [3.8, 4) is 5.88 Å². The zero-order valence-electron chi connectivity index (χ0n) is 14.6. The molecule has 0 spiro atoms. The van der Waals surface area contributed by atoms with Crippen LogP contribution in [0.15, 0.2) is 17.1 Å². The molecule has 1 saturated carbocycles. The molecule has 0 amide bonds. The van der Waals surface area contributed by atoms with Crippen molar-refractivity contribution in [1.82, 2.24) is 19.5 Å². The minimum absolute atomic E-state index is 0.0592. The topological polar surface area (TPSA) is 60.6 Å². The quantitative estimate of drug-likeness (QED) is 0.899. The highest BCUT2D eigenvalue weighted by molar-refractivity contribution is 5.44. The Labute approximate surface area is 147 Å². The number of nitrogens with one attached hydrogen (secondary N) is 1. The highest BCUT2D eigenvalue weighted by Crippen LogP contribution is 2.38. The van der Waals surface area contributed by atoms with Crippen LogP contribution in [-0.4, -0.2) is 33.1 Å². The molecule has 0 unspecified atom stereocenters. The third-order valence-electron chi connectivity index (χ3n) is 5.48. The second-order valence-electron chi connectivity index (χ2n) is 7.59. The summed E-state index contributed by atoms with van der Waals surface area (Å²) in [5.41, 5.74) is 0.452. The summed E-state index contributed by atoms with van der Waals surface area (Å²) in [6.45, 7) is 5.39. The highest BCUT2D eigenvalue weighted by atomic mass is 19.4. The number of piperidine rings is 1. The van der Waals surface area contributed by atoms with Gasteiger partial charge in [0.15, 0.2) is 0 Å².